The second-order valence-electron chi connectivity index (χ2n) is 12.4. The Bertz CT molecular complexity index is 2510. The Morgan fingerprint density at radius 2 is 0.875 bits per heavy atom. The van der Waals surface area contributed by atoms with Crippen LogP contribution in [0.15, 0.2) is 164 Å². The highest BCUT2D eigenvalue weighted by Gasteiger charge is 2.51. The Balaban J connectivity index is 1.24. The summed E-state index contributed by atoms with van der Waals surface area (Å²) in [5.41, 5.74) is 9.39. The average molecular weight is 614 g/mol. The molecule has 0 radical (unpaired) electrons. The van der Waals surface area contributed by atoms with Crippen LogP contribution in [-0.2, 0) is 5.41 Å². The molecule has 0 amide bonds. The molecule has 2 heterocycles. The molecule has 4 nitrogen and oxygen atoms in total. The largest absolute Gasteiger partial charge is 0.457 e. The average Bonchev–Trinajstić information content (AvgIpc) is 3.45. The summed E-state index contributed by atoms with van der Waals surface area (Å²) in [6.07, 6.45) is 0. The Labute approximate surface area is 278 Å². The summed E-state index contributed by atoms with van der Waals surface area (Å²) in [6.45, 7) is 0. The van der Waals surface area contributed by atoms with Crippen molar-refractivity contribution in [2.75, 3.05) is 0 Å². The molecule has 7 aromatic carbocycles. The van der Waals surface area contributed by atoms with Gasteiger partial charge in [-0.25, -0.2) is 15.0 Å². The minimum absolute atomic E-state index is 0.566. The van der Waals surface area contributed by atoms with E-state index < -0.39 is 5.41 Å². The molecule has 1 aromatic heterocycles. The summed E-state index contributed by atoms with van der Waals surface area (Å²) in [6, 6.07) is 57.2. The van der Waals surface area contributed by atoms with E-state index in [1.165, 1.54) is 27.6 Å². The smallest absolute Gasteiger partial charge is 0.164 e. The zero-order chi connectivity index (χ0) is 31.7. The molecule has 0 saturated carbocycles. The first-order valence-electron chi connectivity index (χ1n) is 16.2. The van der Waals surface area contributed by atoms with Gasteiger partial charge in [-0.1, -0.05) is 140 Å². The molecule has 0 saturated heterocycles. The highest BCUT2D eigenvalue weighted by atomic mass is 16.5. The molecule has 0 bridgehead atoms. The second-order valence-corrected chi connectivity index (χ2v) is 12.4. The lowest BCUT2D eigenvalue weighted by atomic mass is 9.66. The van der Waals surface area contributed by atoms with Gasteiger partial charge in [0.2, 0.25) is 0 Å². The minimum Gasteiger partial charge on any atom is -0.457 e. The lowest BCUT2D eigenvalue weighted by Crippen LogP contribution is -2.32. The Kier molecular flexibility index (Phi) is 5.75. The highest BCUT2D eigenvalue weighted by molar-refractivity contribution is 5.90. The van der Waals surface area contributed by atoms with Gasteiger partial charge in [0.1, 0.15) is 11.5 Å². The van der Waals surface area contributed by atoms with E-state index in [1.54, 1.807) is 0 Å². The molecule has 4 heteroatoms. The SMILES string of the molecule is c1ccc(-c2nc(-c3ccc4c(c3)C3(c5ccccc5Oc5ccccc53)c3ccccc3-4)nc(-c3ccc4ccccc4c3)n2)cc1. The number of fused-ring (bicyclic) bond motifs is 10. The van der Waals surface area contributed by atoms with Crippen molar-refractivity contribution in [2.45, 2.75) is 5.41 Å². The number of ether oxygens (including phenoxy) is 1. The number of hydrogen-bond donors (Lipinski definition) is 0. The van der Waals surface area contributed by atoms with Crippen molar-refractivity contribution in [3.05, 3.63) is 186 Å². The summed E-state index contributed by atoms with van der Waals surface area (Å²) in [4.78, 5) is 15.3. The maximum Gasteiger partial charge on any atom is 0.164 e. The van der Waals surface area contributed by atoms with Crippen LogP contribution < -0.4 is 4.74 Å². The summed E-state index contributed by atoms with van der Waals surface area (Å²) < 4.78 is 6.54. The number of para-hydroxylation sites is 2. The summed E-state index contributed by atoms with van der Waals surface area (Å²) in [5, 5.41) is 2.33. The van der Waals surface area contributed by atoms with Gasteiger partial charge in [-0.15, -0.1) is 0 Å². The normalized spacial score (nSPS) is 13.3. The third-order valence-corrected chi connectivity index (χ3v) is 9.78. The number of hydrogen-bond acceptors (Lipinski definition) is 4. The van der Waals surface area contributed by atoms with Crippen molar-refractivity contribution in [2.24, 2.45) is 0 Å². The Morgan fingerprint density at radius 3 is 1.60 bits per heavy atom. The van der Waals surface area contributed by atoms with Crippen LogP contribution >= 0.6 is 0 Å². The number of rotatable bonds is 3. The van der Waals surface area contributed by atoms with Gasteiger partial charge in [0.25, 0.3) is 0 Å². The summed E-state index contributed by atoms with van der Waals surface area (Å²) >= 11 is 0. The van der Waals surface area contributed by atoms with Gasteiger partial charge in [-0.3, -0.25) is 0 Å². The molecular weight excluding hydrogens is 587 g/mol. The fourth-order valence-corrected chi connectivity index (χ4v) is 7.67. The molecule has 2 aliphatic rings. The molecule has 224 valence electrons. The molecule has 0 fully saturated rings. The van der Waals surface area contributed by atoms with Crippen LogP contribution in [0.2, 0.25) is 0 Å². The Morgan fingerprint density at radius 1 is 0.354 bits per heavy atom. The van der Waals surface area contributed by atoms with Crippen LogP contribution in [-0.4, -0.2) is 15.0 Å². The van der Waals surface area contributed by atoms with Crippen molar-refractivity contribution in [3.63, 3.8) is 0 Å². The fraction of sp³-hybridized carbons (Fsp3) is 0.0227. The van der Waals surface area contributed by atoms with E-state index >= 15 is 0 Å². The van der Waals surface area contributed by atoms with Gasteiger partial charge >= 0.3 is 0 Å². The van der Waals surface area contributed by atoms with Crippen molar-refractivity contribution >= 4 is 10.8 Å². The van der Waals surface area contributed by atoms with Crippen molar-refractivity contribution < 1.29 is 4.74 Å². The molecule has 0 N–H and O–H groups in total. The molecule has 48 heavy (non-hydrogen) atoms. The Hall–Kier alpha value is -6.39. The zero-order valence-corrected chi connectivity index (χ0v) is 25.8. The molecule has 10 rings (SSSR count). The third-order valence-electron chi connectivity index (χ3n) is 9.78. The fourth-order valence-electron chi connectivity index (χ4n) is 7.67. The summed E-state index contributed by atoms with van der Waals surface area (Å²) in [7, 11) is 0. The highest BCUT2D eigenvalue weighted by Crippen LogP contribution is 2.62. The third kappa shape index (κ3) is 3.86. The zero-order valence-electron chi connectivity index (χ0n) is 25.8. The van der Waals surface area contributed by atoms with Gasteiger partial charge < -0.3 is 4.74 Å². The molecular formula is C44H27N3O. The van der Waals surface area contributed by atoms with Gasteiger partial charge in [-0.2, -0.15) is 0 Å². The quantitative estimate of drug-likeness (QED) is 0.199. The van der Waals surface area contributed by atoms with Crippen molar-refractivity contribution in [1.29, 1.82) is 0 Å². The first-order chi connectivity index (χ1) is 23.8. The van der Waals surface area contributed by atoms with Crippen LogP contribution in [0.4, 0.5) is 0 Å². The van der Waals surface area contributed by atoms with Crippen LogP contribution in [0.3, 0.4) is 0 Å². The van der Waals surface area contributed by atoms with Gasteiger partial charge in [0, 0.05) is 27.8 Å². The van der Waals surface area contributed by atoms with Crippen LogP contribution in [0, 0.1) is 0 Å². The van der Waals surface area contributed by atoms with Gasteiger partial charge in [0.15, 0.2) is 17.5 Å². The topological polar surface area (TPSA) is 47.9 Å². The molecule has 0 atom stereocenters. The lowest BCUT2D eigenvalue weighted by molar-refractivity contribution is 0.436. The number of nitrogens with zero attached hydrogens (tertiary/aromatic N) is 3. The number of aromatic nitrogens is 3. The number of benzene rings is 7. The maximum absolute atomic E-state index is 6.54. The summed E-state index contributed by atoms with van der Waals surface area (Å²) in [5.74, 6) is 3.66. The van der Waals surface area contributed by atoms with E-state index in [4.69, 9.17) is 19.7 Å². The molecule has 0 unspecified atom stereocenters. The molecule has 1 aliphatic carbocycles. The van der Waals surface area contributed by atoms with Crippen molar-refractivity contribution in [1.82, 2.24) is 15.0 Å². The maximum atomic E-state index is 6.54. The first-order valence-corrected chi connectivity index (χ1v) is 16.2. The van der Waals surface area contributed by atoms with Gasteiger partial charge in [0.05, 0.1) is 5.41 Å². The molecule has 8 aromatic rings. The first kappa shape index (κ1) is 26.8. The second kappa shape index (κ2) is 10.3. The van der Waals surface area contributed by atoms with Crippen LogP contribution in [0.1, 0.15) is 22.3 Å². The van der Waals surface area contributed by atoms with E-state index in [9.17, 15) is 0 Å². The van der Waals surface area contributed by atoms with E-state index in [0.29, 0.717) is 17.5 Å². The predicted molar refractivity (Wildman–Crippen MR) is 191 cm³/mol. The predicted octanol–water partition coefficient (Wildman–Crippen LogP) is 10.5. The van der Waals surface area contributed by atoms with Gasteiger partial charge in [-0.05, 0) is 57.3 Å². The van der Waals surface area contributed by atoms with Crippen molar-refractivity contribution in [3.8, 4) is 56.8 Å². The standard InChI is InChI=1S/C44H27N3O/c1-2-13-29(14-3-1)41-45-42(31-23-22-28-12-4-5-15-30(28)26-31)47-43(46-41)32-24-25-34-33-16-6-7-17-35(33)44(38(34)27-32)36-18-8-10-20-39(36)48-40-21-11-9-19-37(40)44/h1-27H. The van der Waals surface area contributed by atoms with E-state index in [-0.39, 0.29) is 0 Å². The van der Waals surface area contributed by atoms with E-state index in [2.05, 4.69) is 121 Å². The monoisotopic (exact) mass is 613 g/mol. The van der Waals surface area contributed by atoms with Crippen LogP contribution in [0.25, 0.3) is 56.1 Å². The molecule has 1 spiro atoms. The van der Waals surface area contributed by atoms with E-state index in [0.717, 1.165) is 44.7 Å². The van der Waals surface area contributed by atoms with Crippen LogP contribution in [0.5, 0.6) is 11.5 Å². The minimum atomic E-state index is -0.566. The van der Waals surface area contributed by atoms with E-state index in [1.807, 2.05) is 42.5 Å². The molecule has 1 aliphatic heterocycles. The lowest BCUT2D eigenvalue weighted by Gasteiger charge is -2.39.